The van der Waals surface area contributed by atoms with Gasteiger partial charge in [-0.25, -0.2) is 0 Å². The zero-order valence-corrected chi connectivity index (χ0v) is 13.7. The van der Waals surface area contributed by atoms with Crippen LogP contribution in [0.5, 0.6) is 0 Å². The van der Waals surface area contributed by atoms with E-state index in [9.17, 15) is 4.79 Å². The summed E-state index contributed by atoms with van der Waals surface area (Å²) in [4.78, 5) is 12.6. The lowest BCUT2D eigenvalue weighted by Gasteiger charge is -2.09. The number of nitrogens with one attached hydrogen (secondary N) is 2. The molecule has 2 aromatic rings. The summed E-state index contributed by atoms with van der Waals surface area (Å²) in [5.41, 5.74) is 9.46. The molecule has 1 aromatic carbocycles. The Kier molecular flexibility index (Phi) is 5.16. The molecule has 6 nitrogen and oxygen atoms in total. The minimum Gasteiger partial charge on any atom is -0.370 e. The number of hydrogen-bond acceptors (Lipinski definition) is 4. The van der Waals surface area contributed by atoms with Crippen LogP contribution in [-0.2, 0) is 0 Å². The maximum absolute atomic E-state index is 12.6. The molecule has 23 heavy (non-hydrogen) atoms. The molecule has 2 rings (SSSR count). The molecule has 0 aliphatic heterocycles. The first kappa shape index (κ1) is 16.7. The predicted octanol–water partition coefficient (Wildman–Crippen LogP) is 2.71. The van der Waals surface area contributed by atoms with Crippen molar-refractivity contribution in [2.75, 3.05) is 6.54 Å². The summed E-state index contributed by atoms with van der Waals surface area (Å²) in [5.74, 6) is 0.439. The standard InChI is InChI=1S/C17H22N4O2/c1-10-6-4-7-11(2)14(10)16-15(12(3)23-21-16)13(22)8-5-9-20-17(18)19/h4,6-7H,5,8-9H2,1-3H3,(H4,18,19,20). The van der Waals surface area contributed by atoms with Crippen LogP contribution >= 0.6 is 0 Å². The van der Waals surface area contributed by atoms with Gasteiger partial charge in [0.05, 0.1) is 5.56 Å². The fourth-order valence-electron chi connectivity index (χ4n) is 2.66. The molecule has 0 fully saturated rings. The molecule has 0 saturated heterocycles. The van der Waals surface area contributed by atoms with E-state index in [1.165, 1.54) is 0 Å². The molecule has 4 N–H and O–H groups in total. The van der Waals surface area contributed by atoms with E-state index < -0.39 is 0 Å². The van der Waals surface area contributed by atoms with Crippen molar-refractivity contribution < 1.29 is 9.32 Å². The quantitative estimate of drug-likeness (QED) is 0.329. The normalized spacial score (nSPS) is 10.6. The second-order valence-electron chi connectivity index (χ2n) is 5.60. The lowest BCUT2D eigenvalue weighted by Crippen LogP contribution is -2.31. The van der Waals surface area contributed by atoms with Crippen LogP contribution in [0.15, 0.2) is 22.7 Å². The van der Waals surface area contributed by atoms with Crippen molar-refractivity contribution in [1.82, 2.24) is 10.5 Å². The number of carbonyl (C=O) groups excluding carboxylic acids is 1. The van der Waals surface area contributed by atoms with E-state index in [-0.39, 0.29) is 11.7 Å². The van der Waals surface area contributed by atoms with Gasteiger partial charge in [0.25, 0.3) is 0 Å². The van der Waals surface area contributed by atoms with Gasteiger partial charge in [-0.3, -0.25) is 10.2 Å². The van der Waals surface area contributed by atoms with Crippen LogP contribution < -0.4 is 11.1 Å². The van der Waals surface area contributed by atoms with E-state index in [2.05, 4.69) is 10.5 Å². The number of benzene rings is 1. The van der Waals surface area contributed by atoms with Gasteiger partial charge in [0, 0.05) is 18.5 Å². The maximum atomic E-state index is 12.6. The number of nitrogens with zero attached hydrogens (tertiary/aromatic N) is 1. The number of aromatic nitrogens is 1. The highest BCUT2D eigenvalue weighted by Crippen LogP contribution is 2.31. The average Bonchev–Trinajstić information content (AvgIpc) is 2.85. The Balaban J connectivity index is 2.25. The van der Waals surface area contributed by atoms with Crippen LogP contribution in [0.25, 0.3) is 11.3 Å². The summed E-state index contributed by atoms with van der Waals surface area (Å²) in [6, 6.07) is 5.98. The summed E-state index contributed by atoms with van der Waals surface area (Å²) in [7, 11) is 0. The van der Waals surface area contributed by atoms with Gasteiger partial charge in [-0.05, 0) is 38.3 Å². The third-order valence-corrected chi connectivity index (χ3v) is 3.76. The number of aryl methyl sites for hydroxylation is 3. The van der Waals surface area contributed by atoms with E-state index in [0.29, 0.717) is 36.4 Å². The lowest BCUT2D eigenvalue weighted by atomic mass is 9.94. The average molecular weight is 314 g/mol. The molecular formula is C17H22N4O2. The van der Waals surface area contributed by atoms with Crippen LogP contribution in [0.4, 0.5) is 0 Å². The van der Waals surface area contributed by atoms with Crippen LogP contribution in [0.3, 0.4) is 0 Å². The molecule has 0 radical (unpaired) electrons. The highest BCUT2D eigenvalue weighted by atomic mass is 16.5. The number of Topliss-reactive ketones (excluding diaryl/α,β-unsaturated/α-hetero) is 1. The lowest BCUT2D eigenvalue weighted by molar-refractivity contribution is 0.0979. The number of hydrogen-bond donors (Lipinski definition) is 3. The summed E-state index contributed by atoms with van der Waals surface area (Å²) in [6.07, 6.45) is 0.940. The maximum Gasteiger partial charge on any atom is 0.185 e. The number of carbonyl (C=O) groups is 1. The largest absolute Gasteiger partial charge is 0.370 e. The minimum absolute atomic E-state index is 0.00763. The molecular weight excluding hydrogens is 292 g/mol. The summed E-state index contributed by atoms with van der Waals surface area (Å²) in [5, 5.41) is 13.9. The van der Waals surface area contributed by atoms with Gasteiger partial charge in [0.15, 0.2) is 11.7 Å². The number of rotatable bonds is 6. The topological polar surface area (TPSA) is 105 Å². The van der Waals surface area contributed by atoms with Crippen molar-refractivity contribution in [3.8, 4) is 11.3 Å². The van der Waals surface area contributed by atoms with Crippen LogP contribution in [0.2, 0.25) is 0 Å². The van der Waals surface area contributed by atoms with Crippen molar-refractivity contribution in [1.29, 1.82) is 5.41 Å². The van der Waals surface area contributed by atoms with Gasteiger partial charge in [-0.1, -0.05) is 23.4 Å². The monoisotopic (exact) mass is 314 g/mol. The van der Waals surface area contributed by atoms with Crippen LogP contribution in [0.1, 0.15) is 40.1 Å². The second kappa shape index (κ2) is 7.09. The van der Waals surface area contributed by atoms with Gasteiger partial charge >= 0.3 is 0 Å². The van der Waals surface area contributed by atoms with E-state index in [1.807, 2.05) is 32.0 Å². The van der Waals surface area contributed by atoms with Gasteiger partial charge in [-0.15, -0.1) is 0 Å². The van der Waals surface area contributed by atoms with Crippen molar-refractivity contribution >= 4 is 11.7 Å². The van der Waals surface area contributed by atoms with Crippen LogP contribution in [0, 0.1) is 26.2 Å². The third-order valence-electron chi connectivity index (χ3n) is 3.76. The Morgan fingerprint density at radius 1 is 1.30 bits per heavy atom. The zero-order chi connectivity index (χ0) is 17.0. The van der Waals surface area contributed by atoms with E-state index in [0.717, 1.165) is 16.7 Å². The Hall–Kier alpha value is -2.63. The molecule has 0 atom stereocenters. The molecule has 1 aromatic heterocycles. The first-order valence-electron chi connectivity index (χ1n) is 7.55. The summed E-state index contributed by atoms with van der Waals surface area (Å²) < 4.78 is 5.29. The van der Waals surface area contributed by atoms with Crippen LogP contribution in [-0.4, -0.2) is 23.4 Å². The number of guanidine groups is 1. The first-order chi connectivity index (χ1) is 10.9. The van der Waals surface area contributed by atoms with Gasteiger partial charge in [0.2, 0.25) is 0 Å². The molecule has 0 saturated carbocycles. The van der Waals surface area contributed by atoms with Gasteiger partial charge in [-0.2, -0.15) is 0 Å². The molecule has 6 heteroatoms. The molecule has 0 amide bonds. The highest BCUT2D eigenvalue weighted by Gasteiger charge is 2.23. The van der Waals surface area contributed by atoms with Crippen molar-refractivity contribution in [2.45, 2.75) is 33.6 Å². The molecule has 1 heterocycles. The van der Waals surface area contributed by atoms with E-state index in [4.69, 9.17) is 15.7 Å². The Morgan fingerprint density at radius 2 is 1.96 bits per heavy atom. The number of nitrogens with two attached hydrogens (primary N) is 1. The predicted molar refractivity (Wildman–Crippen MR) is 89.6 cm³/mol. The van der Waals surface area contributed by atoms with Crippen molar-refractivity contribution in [3.05, 3.63) is 40.6 Å². The summed E-state index contributed by atoms with van der Waals surface area (Å²) >= 11 is 0. The summed E-state index contributed by atoms with van der Waals surface area (Å²) in [6.45, 7) is 6.24. The number of ketones is 1. The minimum atomic E-state index is -0.0881. The van der Waals surface area contributed by atoms with E-state index in [1.54, 1.807) is 6.92 Å². The first-order valence-corrected chi connectivity index (χ1v) is 7.55. The SMILES string of the molecule is Cc1cccc(C)c1-c1noc(C)c1C(=O)CCCNC(=N)N. The van der Waals surface area contributed by atoms with Gasteiger partial charge in [0.1, 0.15) is 11.5 Å². The molecule has 0 unspecified atom stereocenters. The molecule has 0 bridgehead atoms. The highest BCUT2D eigenvalue weighted by molar-refractivity contribution is 6.02. The second-order valence-corrected chi connectivity index (χ2v) is 5.60. The molecule has 0 aliphatic rings. The Bertz CT molecular complexity index is 714. The van der Waals surface area contributed by atoms with Crippen molar-refractivity contribution in [3.63, 3.8) is 0 Å². The van der Waals surface area contributed by atoms with E-state index >= 15 is 0 Å². The molecule has 122 valence electrons. The third kappa shape index (κ3) is 3.77. The fraction of sp³-hybridized carbons (Fsp3) is 0.353. The Morgan fingerprint density at radius 3 is 2.57 bits per heavy atom. The van der Waals surface area contributed by atoms with Crippen molar-refractivity contribution in [2.24, 2.45) is 5.73 Å². The van der Waals surface area contributed by atoms with Gasteiger partial charge < -0.3 is 15.6 Å². The zero-order valence-electron chi connectivity index (χ0n) is 13.7. The molecule has 0 spiro atoms. The fourth-order valence-corrected chi connectivity index (χ4v) is 2.66. The smallest absolute Gasteiger partial charge is 0.185 e. The molecule has 0 aliphatic carbocycles. The Labute approximate surface area is 135 Å².